The van der Waals surface area contributed by atoms with E-state index in [-0.39, 0.29) is 11.9 Å². The van der Waals surface area contributed by atoms with Crippen molar-refractivity contribution in [3.05, 3.63) is 45.4 Å². The van der Waals surface area contributed by atoms with Gasteiger partial charge in [0.05, 0.1) is 23.9 Å². The van der Waals surface area contributed by atoms with Crippen LogP contribution >= 0.6 is 27.5 Å². The van der Waals surface area contributed by atoms with Crippen LogP contribution in [0.1, 0.15) is 52.1 Å². The van der Waals surface area contributed by atoms with E-state index in [1.54, 1.807) is 12.0 Å². The van der Waals surface area contributed by atoms with Crippen LogP contribution in [-0.2, 0) is 9.53 Å². The summed E-state index contributed by atoms with van der Waals surface area (Å²) in [7, 11) is 1.54. The maximum Gasteiger partial charge on any atom is 0.410 e. The Morgan fingerprint density at radius 2 is 2.06 bits per heavy atom. The Kier molecular flexibility index (Phi) is 7.90. The van der Waals surface area contributed by atoms with Crippen LogP contribution in [0.25, 0.3) is 11.3 Å². The molecule has 3 rings (SSSR count). The first kappa shape index (κ1) is 25.3. The number of hydrogen-bond acceptors (Lipinski definition) is 5. The van der Waals surface area contributed by atoms with Gasteiger partial charge in [-0.15, -0.1) is 0 Å². The molecule has 178 valence electrons. The number of aromatic nitrogens is 1. The number of benzene rings is 1. The lowest BCUT2D eigenvalue weighted by Gasteiger charge is -2.34. The molecule has 0 spiro atoms. The minimum Gasteiger partial charge on any atom is -0.481 e. The fraction of sp³-hybridized carbons (Fsp3) is 0.458. The first-order valence-electron chi connectivity index (χ1n) is 10.8. The maximum absolute atomic E-state index is 13.1. The van der Waals surface area contributed by atoms with Crippen LogP contribution in [0.15, 0.2) is 34.8 Å². The Balaban J connectivity index is 1.95. The van der Waals surface area contributed by atoms with E-state index in [1.165, 1.54) is 0 Å². The minimum absolute atomic E-state index is 0.00806. The largest absolute Gasteiger partial charge is 0.481 e. The molecule has 1 N–H and O–H groups in total. The Morgan fingerprint density at radius 3 is 2.67 bits per heavy atom. The Hall–Kier alpha value is -2.32. The summed E-state index contributed by atoms with van der Waals surface area (Å²) in [6, 6.07) is 8.82. The molecule has 1 aromatic heterocycles. The minimum atomic E-state index is -0.655. The van der Waals surface area contributed by atoms with E-state index in [4.69, 9.17) is 21.1 Å². The first-order valence-corrected chi connectivity index (χ1v) is 12.0. The number of halogens is 2. The third-order valence-corrected chi connectivity index (χ3v) is 6.65. The molecule has 0 aliphatic carbocycles. The summed E-state index contributed by atoms with van der Waals surface area (Å²) in [6.07, 6.45) is 0.659. The van der Waals surface area contributed by atoms with Gasteiger partial charge in [-0.05, 0) is 68.2 Å². The molecule has 1 aromatic carbocycles. The molecule has 0 saturated carbocycles. The second-order valence-electron chi connectivity index (χ2n) is 9.01. The average molecular weight is 539 g/mol. The quantitative estimate of drug-likeness (QED) is 0.506. The standard InChI is InChI=1S/C24H29BrClN3O4/c1-14(29(23(31)33-24(2,3)4)13-15-9-12-20(30)27-15)16-10-11-19(28-22(16)32-5)17-7-6-8-18(25)21(17)26/h6-8,10-11,14-15H,9,12-13H2,1-5H3,(H,27,30)/t14-,15+/m1/s1. The number of rotatable bonds is 6. The van der Waals surface area contributed by atoms with Crippen molar-refractivity contribution in [3.8, 4) is 17.1 Å². The fourth-order valence-corrected chi connectivity index (χ4v) is 4.30. The summed E-state index contributed by atoms with van der Waals surface area (Å²) in [5, 5.41) is 3.48. The predicted octanol–water partition coefficient (Wildman–Crippen LogP) is 5.75. The van der Waals surface area contributed by atoms with E-state index in [9.17, 15) is 9.59 Å². The van der Waals surface area contributed by atoms with E-state index >= 15 is 0 Å². The van der Waals surface area contributed by atoms with Crippen LogP contribution in [0.5, 0.6) is 5.88 Å². The molecule has 2 heterocycles. The van der Waals surface area contributed by atoms with Crippen LogP contribution in [0.4, 0.5) is 4.79 Å². The number of hydrogen-bond donors (Lipinski definition) is 1. The number of ether oxygens (including phenoxy) is 2. The molecule has 0 radical (unpaired) electrons. The highest BCUT2D eigenvalue weighted by Crippen LogP contribution is 2.36. The molecule has 0 bridgehead atoms. The van der Waals surface area contributed by atoms with Gasteiger partial charge in [0.1, 0.15) is 5.60 Å². The van der Waals surface area contributed by atoms with Crippen molar-refractivity contribution in [2.45, 2.75) is 58.2 Å². The number of nitrogens with one attached hydrogen (secondary N) is 1. The molecule has 1 fully saturated rings. The second kappa shape index (κ2) is 10.3. The molecule has 0 unspecified atom stereocenters. The van der Waals surface area contributed by atoms with E-state index in [0.29, 0.717) is 36.0 Å². The molecule has 1 saturated heterocycles. The summed E-state index contributed by atoms with van der Waals surface area (Å²) in [5.74, 6) is 0.381. The SMILES string of the molecule is COc1nc(-c2cccc(Br)c2Cl)ccc1[C@@H](C)N(C[C@@H]1CCC(=O)N1)C(=O)OC(C)(C)C. The van der Waals surface area contributed by atoms with Crippen molar-refractivity contribution >= 4 is 39.5 Å². The third-order valence-electron chi connectivity index (χ3n) is 5.36. The lowest BCUT2D eigenvalue weighted by atomic mass is 10.0. The highest BCUT2D eigenvalue weighted by atomic mass is 79.9. The van der Waals surface area contributed by atoms with Crippen molar-refractivity contribution in [3.63, 3.8) is 0 Å². The van der Waals surface area contributed by atoms with Crippen LogP contribution in [0.2, 0.25) is 5.02 Å². The van der Waals surface area contributed by atoms with Gasteiger partial charge in [0.15, 0.2) is 0 Å². The van der Waals surface area contributed by atoms with Gasteiger partial charge in [-0.3, -0.25) is 9.69 Å². The molecule has 9 heteroatoms. The monoisotopic (exact) mass is 537 g/mol. The normalized spacial score (nSPS) is 16.8. The molecule has 2 amide bonds. The predicted molar refractivity (Wildman–Crippen MR) is 131 cm³/mol. The summed E-state index contributed by atoms with van der Waals surface area (Å²) < 4.78 is 12.0. The van der Waals surface area contributed by atoms with Crippen molar-refractivity contribution in [1.82, 2.24) is 15.2 Å². The number of methoxy groups -OCH3 is 1. The summed E-state index contributed by atoms with van der Waals surface area (Å²) in [6.45, 7) is 7.69. The van der Waals surface area contributed by atoms with Crippen molar-refractivity contribution < 1.29 is 19.1 Å². The number of carbonyl (C=O) groups excluding carboxylic acids is 2. The van der Waals surface area contributed by atoms with Gasteiger partial charge >= 0.3 is 6.09 Å². The Labute approximate surface area is 207 Å². The third kappa shape index (κ3) is 6.18. The summed E-state index contributed by atoms with van der Waals surface area (Å²) in [4.78, 5) is 31.1. The van der Waals surface area contributed by atoms with E-state index < -0.39 is 17.7 Å². The van der Waals surface area contributed by atoms with Crippen molar-refractivity contribution in [1.29, 1.82) is 0 Å². The number of nitrogens with zero attached hydrogens (tertiary/aromatic N) is 2. The molecule has 33 heavy (non-hydrogen) atoms. The van der Waals surface area contributed by atoms with Crippen LogP contribution in [0, 0.1) is 0 Å². The average Bonchev–Trinajstić information content (AvgIpc) is 3.16. The number of amides is 2. The van der Waals surface area contributed by atoms with E-state index in [0.717, 1.165) is 15.6 Å². The lowest BCUT2D eigenvalue weighted by molar-refractivity contribution is -0.119. The van der Waals surface area contributed by atoms with Gasteiger partial charge in [-0.2, -0.15) is 0 Å². The van der Waals surface area contributed by atoms with Crippen LogP contribution in [-0.4, -0.2) is 47.2 Å². The number of pyridine rings is 1. The van der Waals surface area contributed by atoms with Gasteiger partial charge in [0, 0.05) is 34.6 Å². The van der Waals surface area contributed by atoms with Crippen molar-refractivity contribution in [2.75, 3.05) is 13.7 Å². The summed E-state index contributed by atoms with van der Waals surface area (Å²) >= 11 is 9.90. The molecule has 2 atom stereocenters. The van der Waals surface area contributed by atoms with Gasteiger partial charge < -0.3 is 14.8 Å². The van der Waals surface area contributed by atoms with Gasteiger partial charge in [0.2, 0.25) is 11.8 Å². The van der Waals surface area contributed by atoms with Gasteiger partial charge in [0.25, 0.3) is 0 Å². The van der Waals surface area contributed by atoms with E-state index in [2.05, 4.69) is 26.2 Å². The molecule has 7 nitrogen and oxygen atoms in total. The zero-order chi connectivity index (χ0) is 24.3. The smallest absolute Gasteiger partial charge is 0.410 e. The zero-order valence-corrected chi connectivity index (χ0v) is 21.8. The molecular weight excluding hydrogens is 510 g/mol. The summed E-state index contributed by atoms with van der Waals surface area (Å²) in [5.41, 5.74) is 1.49. The number of carbonyl (C=O) groups is 2. The fourth-order valence-electron chi connectivity index (χ4n) is 3.72. The Bertz CT molecular complexity index is 1040. The first-order chi connectivity index (χ1) is 15.5. The van der Waals surface area contributed by atoms with Gasteiger partial charge in [-0.25, -0.2) is 9.78 Å². The molecular formula is C24H29BrClN3O4. The highest BCUT2D eigenvalue weighted by molar-refractivity contribution is 9.10. The van der Waals surface area contributed by atoms with Gasteiger partial charge in [-0.1, -0.05) is 23.7 Å². The molecule has 2 aromatic rings. The molecule has 1 aliphatic rings. The second-order valence-corrected chi connectivity index (χ2v) is 10.2. The highest BCUT2D eigenvalue weighted by Gasteiger charge is 2.33. The van der Waals surface area contributed by atoms with E-state index in [1.807, 2.05) is 58.0 Å². The van der Waals surface area contributed by atoms with Crippen LogP contribution in [0.3, 0.4) is 0 Å². The Morgan fingerprint density at radius 1 is 1.33 bits per heavy atom. The van der Waals surface area contributed by atoms with Crippen molar-refractivity contribution in [2.24, 2.45) is 0 Å². The lowest BCUT2D eigenvalue weighted by Crippen LogP contribution is -2.45. The molecule has 1 aliphatic heterocycles. The topological polar surface area (TPSA) is 80.8 Å². The zero-order valence-electron chi connectivity index (χ0n) is 19.4. The maximum atomic E-state index is 13.1. The van der Waals surface area contributed by atoms with Crippen LogP contribution < -0.4 is 10.1 Å².